The molecule has 2 heterocycles. The van der Waals surface area contributed by atoms with E-state index < -0.39 is 10.1 Å². The lowest BCUT2D eigenvalue weighted by atomic mass is 10.2. The van der Waals surface area contributed by atoms with Crippen LogP contribution in [0.3, 0.4) is 0 Å². The summed E-state index contributed by atoms with van der Waals surface area (Å²) in [5.74, 6) is -0.768. The van der Waals surface area contributed by atoms with Gasteiger partial charge in [-0.2, -0.15) is 8.42 Å². The van der Waals surface area contributed by atoms with Crippen LogP contribution < -0.4 is 10.2 Å². The Morgan fingerprint density at radius 3 is 2.59 bits per heavy atom. The van der Waals surface area contributed by atoms with Crippen molar-refractivity contribution in [3.63, 3.8) is 0 Å². The molecule has 0 atom stereocenters. The maximum Gasteiger partial charge on any atom is 0.268 e. The zero-order valence-electron chi connectivity index (χ0n) is 17.2. The van der Waals surface area contributed by atoms with Crippen molar-refractivity contribution >= 4 is 67.7 Å². The number of nitrogens with zero attached hydrogens (tertiary/aromatic N) is 2. The fraction of sp³-hybridized carbons (Fsp3) is 0.421. The summed E-state index contributed by atoms with van der Waals surface area (Å²) in [5, 5.41) is 12.9. The van der Waals surface area contributed by atoms with Gasteiger partial charge in [0.2, 0.25) is 5.91 Å². The number of benzene rings is 1. The summed E-state index contributed by atoms with van der Waals surface area (Å²) in [5.41, 5.74) is 1.54. The van der Waals surface area contributed by atoms with Gasteiger partial charge in [-0.3, -0.25) is 19.0 Å². The second-order valence-corrected chi connectivity index (χ2v) is 11.4. The topological polar surface area (TPSA) is 127 Å². The average molecular weight is 518 g/mol. The van der Waals surface area contributed by atoms with Crippen LogP contribution in [0.15, 0.2) is 33.0 Å². The van der Waals surface area contributed by atoms with E-state index in [4.69, 9.17) is 16.8 Å². The monoisotopic (exact) mass is 517 g/mol. The Morgan fingerprint density at radius 1 is 1.19 bits per heavy atom. The highest BCUT2D eigenvalue weighted by molar-refractivity contribution is 8.27. The molecular formula is C19H23N3O6S4. The van der Waals surface area contributed by atoms with Crippen LogP contribution in [0.25, 0.3) is 0 Å². The van der Waals surface area contributed by atoms with Crippen LogP contribution in [0.5, 0.6) is 0 Å². The van der Waals surface area contributed by atoms with Crippen molar-refractivity contribution in [3.05, 3.63) is 33.7 Å². The molecule has 13 heteroatoms. The molecule has 0 saturated carbocycles. The van der Waals surface area contributed by atoms with E-state index in [0.29, 0.717) is 27.2 Å². The van der Waals surface area contributed by atoms with Gasteiger partial charge in [0.25, 0.3) is 16.0 Å². The predicted molar refractivity (Wildman–Crippen MR) is 129 cm³/mol. The first-order chi connectivity index (χ1) is 15.1. The summed E-state index contributed by atoms with van der Waals surface area (Å²) < 4.78 is 31.5. The molecule has 3 N–H and O–H groups in total. The molecule has 0 unspecified atom stereocenters. The second kappa shape index (κ2) is 10.5. The zero-order chi connectivity index (χ0) is 23.5. The molecule has 32 heavy (non-hydrogen) atoms. The summed E-state index contributed by atoms with van der Waals surface area (Å²) in [6.45, 7) is 2.25. The molecule has 1 aromatic rings. The summed E-state index contributed by atoms with van der Waals surface area (Å²) >= 11 is 8.00. The standard InChI is InChI=1S/C19H23N3O6S4/c1-12(24)20-6-8-22-17(25)16(31-19(22)29)18-21(7-2-3-9-32(26,27)28)14-10-13(11-23)4-5-15(14)30-18/h4-5,10,23H,2-3,6-9,11H2,1H3,(H,20,24)(H,26,27,28). The molecule has 1 aromatic carbocycles. The molecule has 0 radical (unpaired) electrons. The van der Waals surface area contributed by atoms with E-state index in [1.54, 1.807) is 0 Å². The molecule has 3 rings (SSSR count). The van der Waals surface area contributed by atoms with Gasteiger partial charge in [0.05, 0.1) is 18.0 Å². The van der Waals surface area contributed by atoms with Gasteiger partial charge in [-0.05, 0) is 30.5 Å². The van der Waals surface area contributed by atoms with Gasteiger partial charge in [0.1, 0.15) is 14.3 Å². The number of anilines is 1. The van der Waals surface area contributed by atoms with Gasteiger partial charge in [-0.15, -0.1) is 0 Å². The van der Waals surface area contributed by atoms with Crippen molar-refractivity contribution in [2.75, 3.05) is 30.3 Å². The first kappa shape index (κ1) is 25.0. The number of amides is 2. The van der Waals surface area contributed by atoms with Gasteiger partial charge in [0, 0.05) is 31.5 Å². The number of hydrogen-bond acceptors (Lipinski definition) is 9. The van der Waals surface area contributed by atoms with E-state index in [-0.39, 0.29) is 43.7 Å². The van der Waals surface area contributed by atoms with Crippen LogP contribution in [0, 0.1) is 0 Å². The van der Waals surface area contributed by atoms with Crippen LogP contribution in [0.2, 0.25) is 0 Å². The van der Waals surface area contributed by atoms with Crippen LogP contribution in [0.4, 0.5) is 5.69 Å². The molecule has 174 valence electrons. The van der Waals surface area contributed by atoms with Crippen molar-refractivity contribution < 1.29 is 27.7 Å². The number of hydrogen-bond donors (Lipinski definition) is 3. The lowest BCUT2D eigenvalue weighted by Crippen LogP contribution is -2.36. The highest BCUT2D eigenvalue weighted by Gasteiger charge is 2.38. The highest BCUT2D eigenvalue weighted by atomic mass is 32.2. The third-order valence-corrected chi connectivity index (χ3v) is 8.29. The van der Waals surface area contributed by atoms with Crippen molar-refractivity contribution in [2.45, 2.75) is 31.3 Å². The Kier molecular flexibility index (Phi) is 8.22. The number of carbonyl (C=O) groups is 2. The summed E-state index contributed by atoms with van der Waals surface area (Å²) in [7, 11) is -4.04. The van der Waals surface area contributed by atoms with Crippen molar-refractivity contribution in [2.24, 2.45) is 0 Å². The zero-order valence-corrected chi connectivity index (χ0v) is 20.5. The normalized spacial score (nSPS) is 18.5. The number of nitrogens with one attached hydrogen (secondary N) is 1. The molecule has 0 bridgehead atoms. The molecule has 0 spiro atoms. The van der Waals surface area contributed by atoms with Crippen molar-refractivity contribution in [1.82, 2.24) is 10.2 Å². The van der Waals surface area contributed by atoms with E-state index in [2.05, 4.69) is 5.32 Å². The Morgan fingerprint density at radius 2 is 1.94 bits per heavy atom. The number of rotatable bonds is 9. The predicted octanol–water partition coefficient (Wildman–Crippen LogP) is 1.92. The fourth-order valence-electron chi connectivity index (χ4n) is 3.24. The Hall–Kier alpha value is -1.64. The summed E-state index contributed by atoms with van der Waals surface area (Å²) in [6, 6.07) is 5.53. The maximum atomic E-state index is 13.1. The van der Waals surface area contributed by atoms with Crippen LogP contribution >= 0.6 is 35.7 Å². The Balaban J connectivity index is 1.85. The third kappa shape index (κ3) is 6.02. The van der Waals surface area contributed by atoms with Crippen molar-refractivity contribution in [1.29, 1.82) is 0 Å². The van der Waals surface area contributed by atoms with Gasteiger partial charge < -0.3 is 15.3 Å². The van der Waals surface area contributed by atoms with E-state index in [0.717, 1.165) is 16.1 Å². The molecule has 2 aliphatic heterocycles. The highest BCUT2D eigenvalue weighted by Crippen LogP contribution is 2.51. The number of unbranched alkanes of at least 4 members (excludes halogenated alkanes) is 1. The smallest absolute Gasteiger partial charge is 0.268 e. The third-order valence-electron chi connectivity index (χ3n) is 4.74. The summed E-state index contributed by atoms with van der Waals surface area (Å²) in [6.07, 6.45) is 0.732. The van der Waals surface area contributed by atoms with E-state index in [9.17, 15) is 23.1 Å². The Bertz CT molecular complexity index is 1070. The molecule has 1 fully saturated rings. The van der Waals surface area contributed by atoms with Crippen LogP contribution in [0.1, 0.15) is 25.3 Å². The first-order valence-electron chi connectivity index (χ1n) is 9.77. The lowest BCUT2D eigenvalue weighted by molar-refractivity contribution is -0.123. The number of thioether (sulfide) groups is 2. The quantitative estimate of drug-likeness (QED) is 0.193. The molecular weight excluding hydrogens is 494 g/mol. The SMILES string of the molecule is CC(=O)NCCN1C(=O)C(=C2Sc3ccc(CO)cc3N2CCCCS(=O)(=O)O)SC1=S. The molecule has 0 aliphatic carbocycles. The van der Waals surface area contributed by atoms with Gasteiger partial charge in [-0.25, -0.2) is 0 Å². The minimum Gasteiger partial charge on any atom is -0.392 e. The Labute approximate surface area is 200 Å². The minimum atomic E-state index is -4.04. The average Bonchev–Trinajstić information content (AvgIpc) is 3.21. The number of fused-ring (bicyclic) bond motifs is 1. The fourth-order valence-corrected chi connectivity index (χ4v) is 6.43. The van der Waals surface area contributed by atoms with Crippen LogP contribution in [-0.4, -0.2) is 64.5 Å². The van der Waals surface area contributed by atoms with Crippen LogP contribution in [-0.2, 0) is 26.3 Å². The first-order valence-corrected chi connectivity index (χ1v) is 13.4. The van der Waals surface area contributed by atoms with E-state index in [1.165, 1.54) is 35.3 Å². The van der Waals surface area contributed by atoms with E-state index >= 15 is 0 Å². The van der Waals surface area contributed by atoms with Gasteiger partial charge >= 0.3 is 0 Å². The molecule has 2 amide bonds. The molecule has 0 aromatic heterocycles. The lowest BCUT2D eigenvalue weighted by Gasteiger charge is -2.22. The number of thiocarbonyl (C=S) groups is 1. The summed E-state index contributed by atoms with van der Waals surface area (Å²) in [4.78, 5) is 29.0. The second-order valence-electron chi connectivity index (χ2n) is 7.15. The van der Waals surface area contributed by atoms with Gasteiger partial charge in [0.15, 0.2) is 0 Å². The number of aliphatic hydroxyl groups is 1. The molecule has 9 nitrogen and oxygen atoms in total. The minimum absolute atomic E-state index is 0.130. The van der Waals surface area contributed by atoms with Gasteiger partial charge in [-0.1, -0.05) is 41.8 Å². The molecule has 1 saturated heterocycles. The molecule has 2 aliphatic rings. The van der Waals surface area contributed by atoms with E-state index in [1.807, 2.05) is 23.1 Å². The number of aliphatic hydroxyl groups excluding tert-OH is 1. The maximum absolute atomic E-state index is 13.1. The van der Waals surface area contributed by atoms with Crippen molar-refractivity contribution in [3.8, 4) is 0 Å². The number of carbonyl (C=O) groups excluding carboxylic acids is 2. The largest absolute Gasteiger partial charge is 0.392 e.